The Balaban J connectivity index is 1.74. The van der Waals surface area contributed by atoms with Gasteiger partial charge in [-0.2, -0.15) is 5.10 Å². The number of fused-ring (bicyclic) bond motifs is 1. The summed E-state index contributed by atoms with van der Waals surface area (Å²) >= 11 is 0. The summed E-state index contributed by atoms with van der Waals surface area (Å²) in [4.78, 5) is 6.95. The third-order valence-corrected chi connectivity index (χ3v) is 3.97. The molecule has 19 heavy (non-hydrogen) atoms. The molecule has 1 fully saturated rings. The molecule has 0 spiro atoms. The van der Waals surface area contributed by atoms with Crippen LogP contribution in [0.5, 0.6) is 0 Å². The van der Waals surface area contributed by atoms with Crippen LogP contribution in [0.25, 0.3) is 11.2 Å². The van der Waals surface area contributed by atoms with Crippen LogP contribution in [0.4, 0.5) is 5.95 Å². The van der Waals surface area contributed by atoms with Crippen LogP contribution in [0.1, 0.15) is 25.0 Å². The van der Waals surface area contributed by atoms with Crippen LogP contribution in [0.3, 0.4) is 0 Å². The van der Waals surface area contributed by atoms with Gasteiger partial charge in [0.05, 0.1) is 5.69 Å². The largest absolute Gasteiger partial charge is 0.369 e. The smallest absolute Gasteiger partial charge is 0.202 e. The first-order chi connectivity index (χ1) is 9.16. The van der Waals surface area contributed by atoms with E-state index in [-0.39, 0.29) is 0 Å². The second kappa shape index (κ2) is 4.85. The Morgan fingerprint density at radius 2 is 1.95 bits per heavy atom. The van der Waals surface area contributed by atoms with Gasteiger partial charge >= 0.3 is 0 Å². The minimum atomic E-state index is 0.604. The van der Waals surface area contributed by atoms with Gasteiger partial charge in [-0.3, -0.25) is 9.25 Å². The molecule has 3 rings (SSSR count). The average Bonchev–Trinajstić information content (AvgIpc) is 3.03. The number of likely N-dealkylation sites (tertiary alicyclic amines) is 1. The van der Waals surface area contributed by atoms with Crippen molar-refractivity contribution in [1.29, 1.82) is 0 Å². The number of nitrogen functional groups attached to an aromatic ring is 1. The Bertz CT molecular complexity index is 575. The van der Waals surface area contributed by atoms with Crippen LogP contribution in [0.2, 0.25) is 0 Å². The highest BCUT2D eigenvalue weighted by Gasteiger charge is 2.16. The standard InChI is InChI=1S/C13H22N6/c1-10-11-12(17(2)16-10)19(13(14)15-11)9-5-8-18-6-3-4-7-18/h3-9H2,1-2H3,(H2,14,15). The van der Waals surface area contributed by atoms with Crippen LogP contribution in [-0.2, 0) is 13.6 Å². The maximum absolute atomic E-state index is 6.03. The van der Waals surface area contributed by atoms with Gasteiger partial charge in [-0.15, -0.1) is 0 Å². The molecule has 0 saturated carbocycles. The van der Waals surface area contributed by atoms with Gasteiger partial charge in [0.2, 0.25) is 5.95 Å². The van der Waals surface area contributed by atoms with Gasteiger partial charge in [0.1, 0.15) is 5.52 Å². The molecule has 0 unspecified atom stereocenters. The van der Waals surface area contributed by atoms with Crippen LogP contribution in [0.15, 0.2) is 0 Å². The Morgan fingerprint density at radius 1 is 1.21 bits per heavy atom. The molecule has 3 heterocycles. The summed E-state index contributed by atoms with van der Waals surface area (Å²) in [5, 5.41) is 4.40. The maximum atomic E-state index is 6.03. The predicted octanol–water partition coefficient (Wildman–Crippen LogP) is 1.15. The van der Waals surface area contributed by atoms with E-state index in [1.54, 1.807) is 0 Å². The summed E-state index contributed by atoms with van der Waals surface area (Å²) in [5.41, 5.74) is 8.94. The maximum Gasteiger partial charge on any atom is 0.202 e. The summed E-state index contributed by atoms with van der Waals surface area (Å²) in [6.07, 6.45) is 3.80. The van der Waals surface area contributed by atoms with Gasteiger partial charge in [-0.1, -0.05) is 0 Å². The van der Waals surface area contributed by atoms with Gasteiger partial charge < -0.3 is 10.6 Å². The molecule has 104 valence electrons. The van der Waals surface area contributed by atoms with Crippen LogP contribution < -0.4 is 5.73 Å². The van der Waals surface area contributed by atoms with Crippen molar-refractivity contribution in [3.63, 3.8) is 0 Å². The van der Waals surface area contributed by atoms with Crippen LogP contribution >= 0.6 is 0 Å². The molecule has 0 radical (unpaired) electrons. The van der Waals surface area contributed by atoms with Crippen molar-refractivity contribution in [1.82, 2.24) is 24.2 Å². The molecule has 6 nitrogen and oxygen atoms in total. The monoisotopic (exact) mass is 262 g/mol. The summed E-state index contributed by atoms with van der Waals surface area (Å²) < 4.78 is 3.97. The van der Waals surface area contributed by atoms with E-state index in [4.69, 9.17) is 5.73 Å². The number of hydrogen-bond acceptors (Lipinski definition) is 4. The fraction of sp³-hybridized carbons (Fsp3) is 0.692. The van der Waals surface area contributed by atoms with Gasteiger partial charge in [-0.05, 0) is 45.8 Å². The average molecular weight is 262 g/mol. The molecule has 2 N–H and O–H groups in total. The number of nitrogens with two attached hydrogens (primary N) is 1. The first-order valence-electron chi connectivity index (χ1n) is 7.04. The molecule has 0 aromatic carbocycles. The molecule has 0 aliphatic carbocycles. The van der Waals surface area contributed by atoms with E-state index in [1.165, 1.54) is 25.9 Å². The molecule has 1 aliphatic heterocycles. The number of aryl methyl sites for hydroxylation is 3. The molecular weight excluding hydrogens is 240 g/mol. The van der Waals surface area contributed by atoms with Crippen molar-refractivity contribution in [2.75, 3.05) is 25.4 Å². The second-order valence-corrected chi connectivity index (χ2v) is 5.41. The van der Waals surface area contributed by atoms with Crippen molar-refractivity contribution < 1.29 is 0 Å². The van der Waals surface area contributed by atoms with E-state index in [0.717, 1.165) is 36.4 Å². The predicted molar refractivity (Wildman–Crippen MR) is 75.9 cm³/mol. The lowest BCUT2D eigenvalue weighted by molar-refractivity contribution is 0.326. The Kier molecular flexibility index (Phi) is 3.18. The van der Waals surface area contributed by atoms with Crippen molar-refractivity contribution in [3.05, 3.63) is 5.69 Å². The van der Waals surface area contributed by atoms with Crippen molar-refractivity contribution in [2.45, 2.75) is 32.7 Å². The fourth-order valence-corrected chi connectivity index (χ4v) is 3.03. The number of aromatic nitrogens is 4. The Morgan fingerprint density at radius 3 is 2.68 bits per heavy atom. The lowest BCUT2D eigenvalue weighted by atomic mass is 10.4. The van der Waals surface area contributed by atoms with Gasteiger partial charge in [0.15, 0.2) is 5.65 Å². The Labute approximate surface area is 113 Å². The third kappa shape index (κ3) is 2.20. The minimum Gasteiger partial charge on any atom is -0.369 e. The zero-order chi connectivity index (χ0) is 13.4. The van der Waals surface area contributed by atoms with E-state index in [0.29, 0.717) is 5.95 Å². The molecule has 6 heteroatoms. The van der Waals surface area contributed by atoms with Crippen molar-refractivity contribution in [3.8, 4) is 0 Å². The van der Waals surface area contributed by atoms with Gasteiger partial charge in [-0.25, -0.2) is 4.98 Å². The number of hydrogen-bond donors (Lipinski definition) is 1. The van der Waals surface area contributed by atoms with Crippen molar-refractivity contribution in [2.24, 2.45) is 7.05 Å². The third-order valence-electron chi connectivity index (χ3n) is 3.97. The highest BCUT2D eigenvalue weighted by molar-refractivity contribution is 5.77. The first kappa shape index (κ1) is 12.5. The summed E-state index contributed by atoms with van der Waals surface area (Å²) in [6, 6.07) is 0. The molecule has 2 aromatic heterocycles. The second-order valence-electron chi connectivity index (χ2n) is 5.41. The highest BCUT2D eigenvalue weighted by Crippen LogP contribution is 2.20. The topological polar surface area (TPSA) is 64.9 Å². The van der Waals surface area contributed by atoms with Crippen LogP contribution in [-0.4, -0.2) is 43.9 Å². The molecule has 0 bridgehead atoms. The highest BCUT2D eigenvalue weighted by atomic mass is 15.3. The SMILES string of the molecule is Cc1nn(C)c2c1nc(N)n2CCCN1CCCC1. The number of rotatable bonds is 4. The fourth-order valence-electron chi connectivity index (χ4n) is 3.03. The Hall–Kier alpha value is -1.56. The van der Waals surface area contributed by atoms with Gasteiger partial charge in [0, 0.05) is 13.6 Å². The van der Waals surface area contributed by atoms with E-state index < -0.39 is 0 Å². The zero-order valence-electron chi connectivity index (χ0n) is 11.8. The molecular formula is C13H22N6. The van der Waals surface area contributed by atoms with Gasteiger partial charge in [0.25, 0.3) is 0 Å². The van der Waals surface area contributed by atoms with Crippen LogP contribution in [0, 0.1) is 6.92 Å². The van der Waals surface area contributed by atoms with E-state index in [1.807, 2.05) is 18.7 Å². The van der Waals surface area contributed by atoms with E-state index >= 15 is 0 Å². The number of imidazole rings is 1. The summed E-state index contributed by atoms with van der Waals surface area (Å²) in [5.74, 6) is 0.604. The van der Waals surface area contributed by atoms with Crippen molar-refractivity contribution >= 4 is 17.1 Å². The molecule has 0 atom stereocenters. The summed E-state index contributed by atoms with van der Waals surface area (Å²) in [7, 11) is 1.95. The first-order valence-corrected chi connectivity index (χ1v) is 7.04. The van der Waals surface area contributed by atoms with E-state index in [9.17, 15) is 0 Å². The number of anilines is 1. The quantitative estimate of drug-likeness (QED) is 0.897. The molecule has 0 amide bonds. The number of nitrogens with zero attached hydrogens (tertiary/aromatic N) is 5. The normalized spacial score (nSPS) is 16.7. The molecule has 1 aliphatic rings. The lowest BCUT2D eigenvalue weighted by Crippen LogP contribution is -2.22. The zero-order valence-corrected chi connectivity index (χ0v) is 11.8. The molecule has 2 aromatic rings. The summed E-state index contributed by atoms with van der Waals surface area (Å²) in [6.45, 7) is 6.54. The lowest BCUT2D eigenvalue weighted by Gasteiger charge is -2.14. The minimum absolute atomic E-state index is 0.604. The van der Waals surface area contributed by atoms with E-state index in [2.05, 4.69) is 19.5 Å². The molecule has 1 saturated heterocycles.